The molecule has 0 unspecified atom stereocenters. The summed E-state index contributed by atoms with van der Waals surface area (Å²) in [5, 5.41) is 15.3. The molecule has 0 radical (unpaired) electrons. The molecule has 0 fully saturated rings. The summed E-state index contributed by atoms with van der Waals surface area (Å²) in [6.07, 6.45) is 0. The fraction of sp³-hybridized carbons (Fsp3) is 0.0435. The van der Waals surface area contributed by atoms with Gasteiger partial charge in [0.1, 0.15) is 0 Å². The van der Waals surface area contributed by atoms with Crippen molar-refractivity contribution < 1.29 is 9.72 Å². The van der Waals surface area contributed by atoms with E-state index in [1.54, 1.807) is 37.3 Å². The zero-order chi connectivity index (χ0) is 21.3. The van der Waals surface area contributed by atoms with E-state index in [4.69, 9.17) is 11.6 Å². The van der Waals surface area contributed by atoms with Gasteiger partial charge in [-0.2, -0.15) is 0 Å². The molecule has 1 N–H and O–H groups in total. The molecule has 0 aliphatic rings. The second-order valence-electron chi connectivity index (χ2n) is 6.73. The van der Waals surface area contributed by atoms with E-state index in [1.165, 1.54) is 12.1 Å². The topological polar surface area (TPSA) is 85.1 Å². The highest BCUT2D eigenvalue weighted by atomic mass is 35.5. The minimum atomic E-state index is -0.457. The number of hydrogen-bond donors (Lipinski definition) is 1. The molecule has 4 aromatic rings. The molecule has 30 heavy (non-hydrogen) atoms. The van der Waals surface area contributed by atoms with Gasteiger partial charge in [-0.15, -0.1) is 0 Å². The lowest BCUT2D eigenvalue weighted by Crippen LogP contribution is -2.16. The highest BCUT2D eigenvalue weighted by Crippen LogP contribution is 2.35. The lowest BCUT2D eigenvalue weighted by atomic mass is 9.93. The molecule has 0 spiro atoms. The van der Waals surface area contributed by atoms with Crippen molar-refractivity contribution in [3.05, 3.63) is 99.2 Å². The lowest BCUT2D eigenvalue weighted by Gasteiger charge is -2.16. The Morgan fingerprint density at radius 3 is 2.40 bits per heavy atom. The van der Waals surface area contributed by atoms with Crippen LogP contribution in [0.5, 0.6) is 0 Å². The van der Waals surface area contributed by atoms with E-state index in [2.05, 4.69) is 10.3 Å². The number of fused-ring (bicyclic) bond motifs is 1. The zero-order valence-electron chi connectivity index (χ0n) is 15.9. The summed E-state index contributed by atoms with van der Waals surface area (Å²) < 4.78 is 0. The van der Waals surface area contributed by atoms with Gasteiger partial charge in [-0.25, -0.2) is 0 Å². The maximum Gasteiger partial charge on any atom is 0.270 e. The van der Waals surface area contributed by atoms with Crippen LogP contribution in [0.15, 0.2) is 72.8 Å². The number of nitrogens with one attached hydrogen (secondary N) is 1. The summed E-state index contributed by atoms with van der Waals surface area (Å²) in [6, 6.07) is 20.6. The van der Waals surface area contributed by atoms with Gasteiger partial charge in [-0.3, -0.25) is 19.9 Å². The third kappa shape index (κ3) is 3.73. The van der Waals surface area contributed by atoms with Crippen molar-refractivity contribution in [1.82, 2.24) is 4.98 Å². The SMILES string of the molecule is Cc1nc2ccc([N+](=O)[O-])cc2c(-c2ccccc2)c1C(=O)Nc1ccc(Cl)cc1. The second kappa shape index (κ2) is 7.93. The minimum Gasteiger partial charge on any atom is -0.322 e. The first kappa shape index (κ1) is 19.5. The van der Waals surface area contributed by atoms with Gasteiger partial charge in [0.15, 0.2) is 0 Å². The first-order valence-electron chi connectivity index (χ1n) is 9.15. The van der Waals surface area contributed by atoms with Crippen LogP contribution in [0.2, 0.25) is 5.02 Å². The largest absolute Gasteiger partial charge is 0.322 e. The van der Waals surface area contributed by atoms with E-state index in [1.807, 2.05) is 30.3 Å². The van der Waals surface area contributed by atoms with Crippen molar-refractivity contribution in [2.45, 2.75) is 6.92 Å². The summed E-state index contributed by atoms with van der Waals surface area (Å²) in [4.78, 5) is 28.7. The van der Waals surface area contributed by atoms with Gasteiger partial charge in [-0.1, -0.05) is 41.9 Å². The van der Waals surface area contributed by atoms with Crippen LogP contribution in [-0.2, 0) is 0 Å². The van der Waals surface area contributed by atoms with Crippen LogP contribution >= 0.6 is 11.6 Å². The van der Waals surface area contributed by atoms with Crippen molar-refractivity contribution in [2.24, 2.45) is 0 Å². The van der Waals surface area contributed by atoms with Gasteiger partial charge < -0.3 is 5.32 Å². The number of halogens is 1. The van der Waals surface area contributed by atoms with Gasteiger partial charge in [0.2, 0.25) is 0 Å². The Balaban J connectivity index is 1.95. The van der Waals surface area contributed by atoms with Gasteiger partial charge in [0.05, 0.1) is 21.7 Å². The van der Waals surface area contributed by atoms with Gasteiger partial charge in [0, 0.05) is 33.8 Å². The minimum absolute atomic E-state index is 0.0607. The number of amides is 1. The molecule has 0 bridgehead atoms. The molecule has 0 atom stereocenters. The molecule has 0 aliphatic carbocycles. The highest BCUT2D eigenvalue weighted by Gasteiger charge is 2.22. The van der Waals surface area contributed by atoms with Crippen molar-refractivity contribution >= 4 is 39.8 Å². The quantitative estimate of drug-likeness (QED) is 0.324. The van der Waals surface area contributed by atoms with Crippen LogP contribution in [-0.4, -0.2) is 15.8 Å². The molecule has 1 aromatic heterocycles. The molecule has 1 amide bonds. The Bertz CT molecular complexity index is 1270. The number of hydrogen-bond acceptors (Lipinski definition) is 4. The number of benzene rings is 3. The molecule has 1 heterocycles. The van der Waals surface area contributed by atoms with E-state index >= 15 is 0 Å². The Morgan fingerprint density at radius 2 is 1.73 bits per heavy atom. The Kier molecular flexibility index (Phi) is 5.16. The summed E-state index contributed by atoms with van der Waals surface area (Å²) in [6.45, 7) is 1.75. The number of pyridine rings is 1. The molecule has 0 saturated carbocycles. The predicted molar refractivity (Wildman–Crippen MR) is 118 cm³/mol. The number of rotatable bonds is 4. The first-order chi connectivity index (χ1) is 14.4. The monoisotopic (exact) mass is 417 g/mol. The molecule has 6 nitrogen and oxygen atoms in total. The molecular formula is C23H16ClN3O3. The molecule has 148 valence electrons. The van der Waals surface area contributed by atoms with Crippen molar-refractivity contribution in [1.29, 1.82) is 0 Å². The highest BCUT2D eigenvalue weighted by molar-refractivity contribution is 6.30. The number of nitro groups is 1. The maximum atomic E-state index is 13.3. The van der Waals surface area contributed by atoms with E-state index in [0.717, 1.165) is 5.56 Å². The average molecular weight is 418 g/mol. The molecule has 4 rings (SSSR count). The van der Waals surface area contributed by atoms with Crippen LogP contribution in [0.3, 0.4) is 0 Å². The van der Waals surface area contributed by atoms with E-state index in [0.29, 0.717) is 38.4 Å². The maximum absolute atomic E-state index is 13.3. The number of aryl methyl sites for hydroxylation is 1. The number of nitro benzene ring substituents is 1. The number of non-ortho nitro benzene ring substituents is 1. The molecular weight excluding hydrogens is 402 g/mol. The van der Waals surface area contributed by atoms with Crippen LogP contribution in [0.1, 0.15) is 16.1 Å². The molecule has 0 saturated heterocycles. The first-order valence-corrected chi connectivity index (χ1v) is 9.53. The Labute approximate surface area is 177 Å². The fourth-order valence-corrected chi connectivity index (χ4v) is 3.52. The van der Waals surface area contributed by atoms with Crippen molar-refractivity contribution in [3.63, 3.8) is 0 Å². The van der Waals surface area contributed by atoms with Crippen LogP contribution in [0.25, 0.3) is 22.0 Å². The summed E-state index contributed by atoms with van der Waals surface area (Å²) in [7, 11) is 0. The standard InChI is InChI=1S/C23H16ClN3O3/c1-14-21(23(28)26-17-9-7-16(24)8-10-17)22(15-5-3-2-4-6-15)19-13-18(27(29)30)11-12-20(19)25-14/h2-13H,1H3,(H,26,28). The summed E-state index contributed by atoms with van der Waals surface area (Å²) in [5.41, 5.74) is 3.38. The van der Waals surface area contributed by atoms with Crippen LogP contribution in [0.4, 0.5) is 11.4 Å². The van der Waals surface area contributed by atoms with Crippen LogP contribution in [0, 0.1) is 17.0 Å². The predicted octanol–water partition coefficient (Wildman–Crippen LogP) is 6.02. The Hall–Kier alpha value is -3.77. The van der Waals surface area contributed by atoms with E-state index < -0.39 is 4.92 Å². The number of carbonyl (C=O) groups excluding carboxylic acids is 1. The van der Waals surface area contributed by atoms with E-state index in [-0.39, 0.29) is 11.6 Å². The molecule has 3 aromatic carbocycles. The summed E-state index contributed by atoms with van der Waals surface area (Å²) >= 11 is 5.92. The van der Waals surface area contributed by atoms with Crippen molar-refractivity contribution in [2.75, 3.05) is 5.32 Å². The van der Waals surface area contributed by atoms with Gasteiger partial charge in [-0.05, 0) is 42.8 Å². The summed E-state index contributed by atoms with van der Waals surface area (Å²) in [5.74, 6) is -0.352. The molecule has 0 aliphatic heterocycles. The third-order valence-corrected chi connectivity index (χ3v) is 5.00. The normalized spacial score (nSPS) is 10.7. The van der Waals surface area contributed by atoms with Crippen LogP contribution < -0.4 is 5.32 Å². The number of anilines is 1. The van der Waals surface area contributed by atoms with Gasteiger partial charge in [0.25, 0.3) is 11.6 Å². The van der Waals surface area contributed by atoms with Gasteiger partial charge >= 0.3 is 0 Å². The Morgan fingerprint density at radius 1 is 1.03 bits per heavy atom. The third-order valence-electron chi connectivity index (χ3n) is 4.75. The van der Waals surface area contributed by atoms with E-state index in [9.17, 15) is 14.9 Å². The average Bonchev–Trinajstić information content (AvgIpc) is 2.74. The van der Waals surface area contributed by atoms with Crippen molar-refractivity contribution in [3.8, 4) is 11.1 Å². The smallest absolute Gasteiger partial charge is 0.270 e. The fourth-order valence-electron chi connectivity index (χ4n) is 3.40. The zero-order valence-corrected chi connectivity index (χ0v) is 16.7. The number of carbonyl (C=O) groups is 1. The number of nitrogens with zero attached hydrogens (tertiary/aromatic N) is 2. The lowest BCUT2D eigenvalue weighted by molar-refractivity contribution is -0.384. The molecule has 7 heteroatoms. The second-order valence-corrected chi connectivity index (χ2v) is 7.17. The number of aromatic nitrogens is 1.